The molecule has 2 aromatic carbocycles. The maximum absolute atomic E-state index is 13.9. The fourth-order valence-electron chi connectivity index (χ4n) is 5.58. The van der Waals surface area contributed by atoms with Gasteiger partial charge in [0.05, 0.1) is 10.8 Å². The maximum atomic E-state index is 13.9. The number of aryl methyl sites for hydroxylation is 1. The normalized spacial score (nSPS) is 26.0. The minimum Gasteiger partial charge on any atom is -0.283 e. The first-order valence-electron chi connectivity index (χ1n) is 11.0. The smallest absolute Gasteiger partial charge is 0.236 e. The molecule has 0 bridgehead atoms. The number of hydrogen-bond donors (Lipinski definition) is 1. The molecular formula is C25H27FN2O2S. The number of nitrogens with zero attached hydrogens (tertiary/aromatic N) is 1. The Morgan fingerprint density at radius 3 is 2.39 bits per heavy atom. The predicted molar refractivity (Wildman–Crippen MR) is 122 cm³/mol. The lowest BCUT2D eigenvalue weighted by Gasteiger charge is -2.52. The van der Waals surface area contributed by atoms with Crippen LogP contribution in [0.1, 0.15) is 55.6 Å². The van der Waals surface area contributed by atoms with E-state index in [4.69, 9.17) is 0 Å². The first-order chi connectivity index (χ1) is 14.9. The molecule has 162 valence electrons. The summed E-state index contributed by atoms with van der Waals surface area (Å²) in [6.45, 7) is 1.98. The first-order valence-corrected chi connectivity index (χ1v) is 12.5. The second-order valence-electron chi connectivity index (χ2n) is 9.24. The molecule has 2 aliphatic carbocycles. The maximum Gasteiger partial charge on any atom is 0.236 e. The van der Waals surface area contributed by atoms with Crippen molar-refractivity contribution in [2.45, 2.75) is 56.6 Å². The van der Waals surface area contributed by atoms with E-state index < -0.39 is 10.0 Å². The monoisotopic (exact) mass is 438 g/mol. The Bertz CT molecular complexity index is 1220. The van der Waals surface area contributed by atoms with Gasteiger partial charge in [-0.2, -0.15) is 0 Å². The SMILES string of the molecule is Cc1ccc(NS(=O)(=O)C2CCC23CCC(c2ccnc4ccc(F)cc24)CC3)cc1. The summed E-state index contributed by atoms with van der Waals surface area (Å²) in [5.41, 5.74) is 3.54. The third kappa shape index (κ3) is 3.71. The first kappa shape index (κ1) is 20.4. The van der Waals surface area contributed by atoms with Crippen molar-refractivity contribution < 1.29 is 12.8 Å². The molecule has 31 heavy (non-hydrogen) atoms. The van der Waals surface area contributed by atoms with Crippen LogP contribution in [0, 0.1) is 18.2 Å². The number of halogens is 1. The van der Waals surface area contributed by atoms with Crippen molar-refractivity contribution in [3.8, 4) is 0 Å². The van der Waals surface area contributed by atoms with Crippen molar-refractivity contribution in [1.82, 2.24) is 4.98 Å². The summed E-state index contributed by atoms with van der Waals surface area (Å²) in [7, 11) is -3.43. The van der Waals surface area contributed by atoms with Crippen LogP contribution in [0.5, 0.6) is 0 Å². The summed E-state index contributed by atoms with van der Waals surface area (Å²) in [5, 5.41) is 0.538. The molecule has 1 spiro atoms. The lowest BCUT2D eigenvalue weighted by atomic mass is 9.58. The van der Waals surface area contributed by atoms with Gasteiger partial charge in [-0.05, 0) is 98.7 Å². The van der Waals surface area contributed by atoms with Gasteiger partial charge in [0.15, 0.2) is 0 Å². The van der Waals surface area contributed by atoms with Crippen LogP contribution in [0.25, 0.3) is 10.9 Å². The Balaban J connectivity index is 1.33. The van der Waals surface area contributed by atoms with Gasteiger partial charge in [-0.3, -0.25) is 9.71 Å². The highest BCUT2D eigenvalue weighted by Crippen LogP contribution is 2.57. The molecule has 4 nitrogen and oxygen atoms in total. The Morgan fingerprint density at radius 1 is 1.00 bits per heavy atom. The average molecular weight is 439 g/mol. The zero-order valence-corrected chi connectivity index (χ0v) is 18.5. The second kappa shape index (κ2) is 7.59. The van der Waals surface area contributed by atoms with E-state index in [9.17, 15) is 12.8 Å². The minimum absolute atomic E-state index is 0.138. The molecule has 2 aliphatic rings. The van der Waals surface area contributed by atoms with Gasteiger partial charge in [-0.15, -0.1) is 0 Å². The minimum atomic E-state index is -3.43. The van der Waals surface area contributed by atoms with Gasteiger partial charge in [-0.25, -0.2) is 12.8 Å². The predicted octanol–water partition coefficient (Wildman–Crippen LogP) is 5.93. The van der Waals surface area contributed by atoms with E-state index in [-0.39, 0.29) is 16.5 Å². The Morgan fingerprint density at radius 2 is 1.71 bits per heavy atom. The summed E-state index contributed by atoms with van der Waals surface area (Å²) in [5.74, 6) is 0.0632. The number of anilines is 1. The van der Waals surface area contributed by atoms with E-state index in [2.05, 4.69) is 9.71 Å². The quantitative estimate of drug-likeness (QED) is 0.549. The number of benzene rings is 2. The van der Waals surface area contributed by atoms with Gasteiger partial charge >= 0.3 is 0 Å². The number of hydrogen-bond acceptors (Lipinski definition) is 3. The number of aromatic nitrogens is 1. The van der Waals surface area contributed by atoms with Crippen molar-refractivity contribution in [3.63, 3.8) is 0 Å². The van der Waals surface area contributed by atoms with Crippen LogP contribution >= 0.6 is 0 Å². The van der Waals surface area contributed by atoms with Crippen molar-refractivity contribution >= 4 is 26.6 Å². The molecule has 1 unspecified atom stereocenters. The van der Waals surface area contributed by atoms with Crippen LogP contribution in [0.3, 0.4) is 0 Å². The van der Waals surface area contributed by atoms with Gasteiger partial charge in [0.2, 0.25) is 10.0 Å². The van der Waals surface area contributed by atoms with E-state index in [1.54, 1.807) is 18.3 Å². The largest absolute Gasteiger partial charge is 0.283 e. The van der Waals surface area contributed by atoms with Crippen LogP contribution < -0.4 is 4.72 Å². The van der Waals surface area contributed by atoms with Crippen LogP contribution in [0.4, 0.5) is 10.1 Å². The third-order valence-electron chi connectivity index (χ3n) is 7.43. The average Bonchev–Trinajstić information content (AvgIpc) is 2.74. The van der Waals surface area contributed by atoms with E-state index >= 15 is 0 Å². The van der Waals surface area contributed by atoms with E-state index in [1.165, 1.54) is 6.07 Å². The molecular weight excluding hydrogens is 411 g/mol. The standard InChI is InChI=1S/C25H27FN2O2S/c1-17-2-5-20(6-3-17)28-31(29,30)24-10-14-25(24)12-8-18(9-13-25)21-11-15-27-23-7-4-19(26)16-22(21)23/h2-7,11,15-16,18,24,28H,8-10,12-14H2,1H3. The van der Waals surface area contributed by atoms with Crippen LogP contribution in [-0.4, -0.2) is 18.7 Å². The Labute approximate surface area is 183 Å². The fraction of sp³-hybridized carbons (Fsp3) is 0.400. The van der Waals surface area contributed by atoms with Gasteiger partial charge in [0.25, 0.3) is 0 Å². The fourth-order valence-corrected chi connectivity index (χ4v) is 7.63. The van der Waals surface area contributed by atoms with Crippen LogP contribution in [-0.2, 0) is 10.0 Å². The molecule has 0 amide bonds. The molecule has 1 atom stereocenters. The number of nitrogens with one attached hydrogen (secondary N) is 1. The number of sulfonamides is 1. The third-order valence-corrected chi connectivity index (χ3v) is 9.44. The molecule has 2 saturated carbocycles. The van der Waals surface area contributed by atoms with Crippen molar-refractivity contribution in [1.29, 1.82) is 0 Å². The van der Waals surface area contributed by atoms with Gasteiger partial charge in [0.1, 0.15) is 5.82 Å². The van der Waals surface area contributed by atoms with E-state index in [1.807, 2.05) is 37.3 Å². The molecule has 0 radical (unpaired) electrons. The van der Waals surface area contributed by atoms with Gasteiger partial charge in [0, 0.05) is 17.3 Å². The molecule has 0 aliphatic heterocycles. The highest BCUT2D eigenvalue weighted by Gasteiger charge is 2.54. The second-order valence-corrected chi connectivity index (χ2v) is 11.1. The molecule has 2 fully saturated rings. The molecule has 1 aromatic heterocycles. The Kier molecular flexibility index (Phi) is 5.00. The summed E-state index contributed by atoms with van der Waals surface area (Å²) < 4.78 is 43.0. The summed E-state index contributed by atoms with van der Waals surface area (Å²) in [6.07, 6.45) is 7.09. The van der Waals surface area contributed by atoms with E-state index in [0.717, 1.165) is 60.6 Å². The lowest BCUT2D eigenvalue weighted by Crippen LogP contribution is -2.52. The van der Waals surface area contributed by atoms with Crippen molar-refractivity contribution in [2.75, 3.05) is 4.72 Å². The molecule has 0 saturated heterocycles. The molecule has 3 aromatic rings. The van der Waals surface area contributed by atoms with Gasteiger partial charge < -0.3 is 0 Å². The number of pyridine rings is 1. The molecule has 6 heteroatoms. The van der Waals surface area contributed by atoms with Gasteiger partial charge in [-0.1, -0.05) is 17.7 Å². The summed E-state index contributed by atoms with van der Waals surface area (Å²) in [6, 6.07) is 14.2. The van der Waals surface area contributed by atoms with Crippen molar-refractivity contribution in [2.24, 2.45) is 5.41 Å². The zero-order valence-electron chi connectivity index (χ0n) is 17.6. The zero-order chi connectivity index (χ0) is 21.6. The van der Waals surface area contributed by atoms with Crippen LogP contribution in [0.2, 0.25) is 0 Å². The summed E-state index contributed by atoms with van der Waals surface area (Å²) in [4.78, 5) is 4.37. The number of rotatable bonds is 4. The summed E-state index contributed by atoms with van der Waals surface area (Å²) >= 11 is 0. The lowest BCUT2D eigenvalue weighted by molar-refractivity contribution is 0.0752. The highest BCUT2D eigenvalue weighted by atomic mass is 32.2. The molecule has 1 heterocycles. The topological polar surface area (TPSA) is 59.1 Å². The van der Waals surface area contributed by atoms with Crippen molar-refractivity contribution in [3.05, 3.63) is 71.7 Å². The molecule has 1 N–H and O–H groups in total. The van der Waals surface area contributed by atoms with E-state index in [0.29, 0.717) is 11.6 Å². The Hall–Kier alpha value is -2.47. The molecule has 5 rings (SSSR count). The van der Waals surface area contributed by atoms with Crippen LogP contribution in [0.15, 0.2) is 54.7 Å². The highest BCUT2D eigenvalue weighted by molar-refractivity contribution is 7.93. The number of fused-ring (bicyclic) bond motifs is 1.